The number of likely N-dealkylation sites (tertiary alicyclic amines) is 1. The van der Waals surface area contributed by atoms with Crippen LogP contribution in [-0.2, 0) is 9.53 Å². The maximum absolute atomic E-state index is 13.1. The quantitative estimate of drug-likeness (QED) is 0.819. The average Bonchev–Trinajstić information content (AvgIpc) is 3.11. The van der Waals surface area contributed by atoms with Crippen LogP contribution in [0.25, 0.3) is 0 Å². The van der Waals surface area contributed by atoms with Gasteiger partial charge in [-0.25, -0.2) is 4.39 Å². The average molecular weight is 356 g/mol. The van der Waals surface area contributed by atoms with Gasteiger partial charge in [0.1, 0.15) is 11.9 Å². The summed E-state index contributed by atoms with van der Waals surface area (Å²) in [6, 6.07) is 15.3. The van der Waals surface area contributed by atoms with Crippen molar-refractivity contribution < 1.29 is 13.9 Å². The number of ether oxygens (including phenoxy) is 1. The second kappa shape index (κ2) is 8.92. The lowest BCUT2D eigenvalue weighted by molar-refractivity contribution is -0.121. The summed E-state index contributed by atoms with van der Waals surface area (Å²) in [4.78, 5) is 15.2. The molecule has 2 atom stereocenters. The fourth-order valence-electron chi connectivity index (χ4n) is 3.42. The normalized spacial score (nSPS) is 18.6. The van der Waals surface area contributed by atoms with E-state index >= 15 is 0 Å². The fraction of sp³-hybridized carbons (Fsp3) is 0.381. The van der Waals surface area contributed by atoms with E-state index in [1.165, 1.54) is 12.1 Å². The van der Waals surface area contributed by atoms with Crippen molar-refractivity contribution >= 4 is 11.6 Å². The Hall–Kier alpha value is -2.24. The Morgan fingerprint density at radius 2 is 1.96 bits per heavy atom. The summed E-state index contributed by atoms with van der Waals surface area (Å²) in [6.45, 7) is 5.12. The monoisotopic (exact) mass is 356 g/mol. The summed E-state index contributed by atoms with van der Waals surface area (Å²) in [5.74, 6) is 0.0283. The molecule has 2 aromatic carbocycles. The van der Waals surface area contributed by atoms with Gasteiger partial charge in [0.15, 0.2) is 0 Å². The smallest absolute Gasteiger partial charge is 0.246 e. The molecule has 1 aliphatic heterocycles. The van der Waals surface area contributed by atoms with Crippen molar-refractivity contribution in [1.29, 1.82) is 0 Å². The minimum Gasteiger partial charge on any atom is -0.381 e. The van der Waals surface area contributed by atoms with Crippen LogP contribution in [0.15, 0.2) is 54.6 Å². The van der Waals surface area contributed by atoms with Gasteiger partial charge in [-0.2, -0.15) is 0 Å². The summed E-state index contributed by atoms with van der Waals surface area (Å²) >= 11 is 0. The number of hydrogen-bond acceptors (Lipinski definition) is 3. The van der Waals surface area contributed by atoms with E-state index in [-0.39, 0.29) is 17.8 Å². The first-order valence-corrected chi connectivity index (χ1v) is 9.10. The maximum atomic E-state index is 13.1. The molecule has 4 nitrogen and oxygen atoms in total. The number of benzene rings is 2. The van der Waals surface area contributed by atoms with Crippen LogP contribution in [0.5, 0.6) is 0 Å². The molecule has 1 heterocycles. The van der Waals surface area contributed by atoms with Crippen LogP contribution >= 0.6 is 0 Å². The Morgan fingerprint density at radius 1 is 1.23 bits per heavy atom. The van der Waals surface area contributed by atoms with Crippen LogP contribution in [-0.4, -0.2) is 37.1 Å². The molecule has 26 heavy (non-hydrogen) atoms. The summed E-state index contributed by atoms with van der Waals surface area (Å²) in [5.41, 5.74) is 1.56. The molecule has 1 amide bonds. The minimum absolute atomic E-state index is 0.0973. The van der Waals surface area contributed by atoms with Crippen molar-refractivity contribution in [3.63, 3.8) is 0 Å². The number of nitrogens with one attached hydrogen (secondary N) is 1. The van der Waals surface area contributed by atoms with Crippen LogP contribution in [0.2, 0.25) is 0 Å². The molecule has 0 spiro atoms. The zero-order chi connectivity index (χ0) is 18.4. The highest BCUT2D eigenvalue weighted by molar-refractivity contribution is 5.95. The van der Waals surface area contributed by atoms with Gasteiger partial charge in [0.05, 0.1) is 6.61 Å². The molecule has 1 fully saturated rings. The third kappa shape index (κ3) is 4.68. The zero-order valence-electron chi connectivity index (χ0n) is 15.0. The first-order chi connectivity index (χ1) is 12.7. The lowest BCUT2D eigenvalue weighted by Gasteiger charge is -2.27. The summed E-state index contributed by atoms with van der Waals surface area (Å²) < 4.78 is 18.7. The Balaban J connectivity index is 1.75. The summed E-state index contributed by atoms with van der Waals surface area (Å²) in [6.07, 6.45) is 1.02. The molecule has 0 bridgehead atoms. The van der Waals surface area contributed by atoms with E-state index < -0.39 is 0 Å². The SMILES string of the molecule is CCOC[C@H]1CCN([C@H](C(=O)Nc2ccc(F)cc2)c2ccccc2)C1. The lowest BCUT2D eigenvalue weighted by Crippen LogP contribution is -2.36. The summed E-state index contributed by atoms with van der Waals surface area (Å²) in [7, 11) is 0. The van der Waals surface area contributed by atoms with Crippen molar-refractivity contribution in [2.24, 2.45) is 5.92 Å². The van der Waals surface area contributed by atoms with Crippen molar-refractivity contribution in [2.75, 3.05) is 31.6 Å². The molecule has 1 saturated heterocycles. The number of rotatable bonds is 7. The van der Waals surface area contributed by atoms with Gasteiger partial charge in [0, 0.05) is 18.8 Å². The van der Waals surface area contributed by atoms with E-state index in [0.717, 1.165) is 31.7 Å². The molecular formula is C21H25FN2O2. The van der Waals surface area contributed by atoms with Gasteiger partial charge in [0.2, 0.25) is 5.91 Å². The molecular weight excluding hydrogens is 331 g/mol. The number of hydrogen-bond donors (Lipinski definition) is 1. The number of anilines is 1. The molecule has 3 rings (SSSR count). The van der Waals surface area contributed by atoms with Crippen LogP contribution < -0.4 is 5.32 Å². The maximum Gasteiger partial charge on any atom is 0.246 e. The van der Waals surface area contributed by atoms with Gasteiger partial charge in [-0.3, -0.25) is 9.69 Å². The number of nitrogens with zero attached hydrogens (tertiary/aromatic N) is 1. The topological polar surface area (TPSA) is 41.6 Å². The van der Waals surface area contributed by atoms with Crippen molar-refractivity contribution in [1.82, 2.24) is 4.90 Å². The van der Waals surface area contributed by atoms with E-state index in [2.05, 4.69) is 10.2 Å². The number of carbonyl (C=O) groups excluding carboxylic acids is 1. The fourth-order valence-corrected chi connectivity index (χ4v) is 3.42. The molecule has 0 aliphatic carbocycles. The molecule has 1 aliphatic rings. The highest BCUT2D eigenvalue weighted by Crippen LogP contribution is 2.29. The molecule has 0 saturated carbocycles. The highest BCUT2D eigenvalue weighted by atomic mass is 19.1. The molecule has 138 valence electrons. The Bertz CT molecular complexity index is 706. The van der Waals surface area contributed by atoms with E-state index in [1.54, 1.807) is 12.1 Å². The van der Waals surface area contributed by atoms with Gasteiger partial charge in [-0.15, -0.1) is 0 Å². The van der Waals surface area contributed by atoms with E-state index in [9.17, 15) is 9.18 Å². The Kier molecular flexibility index (Phi) is 6.36. The second-order valence-electron chi connectivity index (χ2n) is 6.62. The van der Waals surface area contributed by atoms with E-state index in [4.69, 9.17) is 4.74 Å². The first kappa shape index (κ1) is 18.5. The van der Waals surface area contributed by atoms with Gasteiger partial charge in [0.25, 0.3) is 0 Å². The number of halogens is 1. The zero-order valence-corrected chi connectivity index (χ0v) is 15.0. The van der Waals surface area contributed by atoms with Crippen LogP contribution in [0.3, 0.4) is 0 Å². The van der Waals surface area contributed by atoms with E-state index in [0.29, 0.717) is 18.2 Å². The predicted octanol–water partition coefficient (Wildman–Crippen LogP) is 3.86. The second-order valence-corrected chi connectivity index (χ2v) is 6.62. The van der Waals surface area contributed by atoms with Gasteiger partial charge in [-0.1, -0.05) is 30.3 Å². The minimum atomic E-state index is -0.368. The molecule has 0 radical (unpaired) electrons. The lowest BCUT2D eigenvalue weighted by atomic mass is 10.0. The van der Waals surface area contributed by atoms with Gasteiger partial charge >= 0.3 is 0 Å². The molecule has 2 aromatic rings. The van der Waals surface area contributed by atoms with Crippen LogP contribution in [0.1, 0.15) is 24.9 Å². The van der Waals surface area contributed by atoms with Crippen molar-refractivity contribution in [2.45, 2.75) is 19.4 Å². The number of carbonyl (C=O) groups is 1. The molecule has 1 N–H and O–H groups in total. The Labute approximate surface area is 154 Å². The first-order valence-electron chi connectivity index (χ1n) is 9.10. The van der Waals surface area contributed by atoms with E-state index in [1.807, 2.05) is 37.3 Å². The van der Waals surface area contributed by atoms with Crippen LogP contribution in [0, 0.1) is 11.7 Å². The third-order valence-electron chi connectivity index (χ3n) is 4.72. The highest BCUT2D eigenvalue weighted by Gasteiger charge is 2.33. The predicted molar refractivity (Wildman–Crippen MR) is 100 cm³/mol. The van der Waals surface area contributed by atoms with Gasteiger partial charge < -0.3 is 10.1 Å². The molecule has 0 aromatic heterocycles. The Morgan fingerprint density at radius 3 is 2.65 bits per heavy atom. The molecule has 5 heteroatoms. The summed E-state index contributed by atoms with van der Waals surface area (Å²) in [5, 5.41) is 2.92. The van der Waals surface area contributed by atoms with Crippen LogP contribution in [0.4, 0.5) is 10.1 Å². The van der Waals surface area contributed by atoms with Crippen molar-refractivity contribution in [3.05, 3.63) is 66.0 Å². The van der Waals surface area contributed by atoms with Crippen molar-refractivity contribution in [3.8, 4) is 0 Å². The third-order valence-corrected chi connectivity index (χ3v) is 4.72. The standard InChI is InChI=1S/C21H25FN2O2/c1-2-26-15-16-12-13-24(14-16)20(17-6-4-3-5-7-17)21(25)23-19-10-8-18(22)9-11-19/h3-11,16,20H,2,12-15H2,1H3,(H,23,25)/t16-,20-/m0/s1. The molecule has 0 unspecified atom stereocenters. The largest absolute Gasteiger partial charge is 0.381 e. The number of amides is 1. The van der Waals surface area contributed by atoms with Gasteiger partial charge in [-0.05, 0) is 55.6 Å².